The fourth-order valence-corrected chi connectivity index (χ4v) is 4.24. The summed E-state index contributed by atoms with van der Waals surface area (Å²) >= 11 is 0. The fourth-order valence-electron chi connectivity index (χ4n) is 4.24. The van der Waals surface area contributed by atoms with Crippen molar-refractivity contribution in [2.24, 2.45) is 0 Å². The molecule has 1 atom stereocenters. The molecule has 32 heavy (non-hydrogen) atoms. The molecule has 0 aliphatic carbocycles. The van der Waals surface area contributed by atoms with Crippen molar-refractivity contribution in [2.45, 2.75) is 39.7 Å². The SMILES string of the molecule is CCC(C)c1nc2ccc(CN3CCN(c4ccc(NC)nc4C)CC3)c(F)c2[nH]c1=O. The summed E-state index contributed by atoms with van der Waals surface area (Å²) in [5, 5.41) is 3.07. The lowest BCUT2D eigenvalue weighted by molar-refractivity contribution is 0.246. The van der Waals surface area contributed by atoms with Crippen LogP contribution in [0.25, 0.3) is 11.0 Å². The van der Waals surface area contributed by atoms with Gasteiger partial charge < -0.3 is 15.2 Å². The molecule has 1 fully saturated rings. The number of benzene rings is 1. The topological polar surface area (TPSA) is 77.2 Å². The van der Waals surface area contributed by atoms with Crippen LogP contribution in [0.2, 0.25) is 0 Å². The second-order valence-electron chi connectivity index (χ2n) is 8.51. The lowest BCUT2D eigenvalue weighted by Gasteiger charge is -2.36. The van der Waals surface area contributed by atoms with Gasteiger partial charge in [0.25, 0.3) is 5.56 Å². The predicted octanol–water partition coefficient (Wildman–Crippen LogP) is 3.64. The van der Waals surface area contributed by atoms with Crippen LogP contribution in [0.4, 0.5) is 15.9 Å². The van der Waals surface area contributed by atoms with Crippen LogP contribution in [-0.2, 0) is 6.54 Å². The van der Waals surface area contributed by atoms with E-state index in [1.807, 2.05) is 40.0 Å². The van der Waals surface area contributed by atoms with Gasteiger partial charge in [-0.1, -0.05) is 19.9 Å². The molecule has 1 aliphatic heterocycles. The molecule has 3 heterocycles. The van der Waals surface area contributed by atoms with Gasteiger partial charge in [-0.2, -0.15) is 0 Å². The first-order valence-electron chi connectivity index (χ1n) is 11.2. The van der Waals surface area contributed by atoms with Gasteiger partial charge in [-0.25, -0.2) is 14.4 Å². The Morgan fingerprint density at radius 2 is 1.91 bits per heavy atom. The summed E-state index contributed by atoms with van der Waals surface area (Å²) in [7, 11) is 1.86. The third-order valence-corrected chi connectivity index (χ3v) is 6.41. The van der Waals surface area contributed by atoms with E-state index in [-0.39, 0.29) is 22.8 Å². The lowest BCUT2D eigenvalue weighted by Crippen LogP contribution is -2.46. The van der Waals surface area contributed by atoms with Crippen molar-refractivity contribution in [2.75, 3.05) is 43.4 Å². The summed E-state index contributed by atoms with van der Waals surface area (Å²) in [6.45, 7) is 9.85. The van der Waals surface area contributed by atoms with Gasteiger partial charge in [0.15, 0.2) is 5.82 Å². The smallest absolute Gasteiger partial charge is 0.270 e. The van der Waals surface area contributed by atoms with Crippen molar-refractivity contribution in [3.05, 3.63) is 57.4 Å². The number of nitrogens with zero attached hydrogens (tertiary/aromatic N) is 4. The Labute approximate surface area is 187 Å². The maximum atomic E-state index is 15.2. The van der Waals surface area contributed by atoms with Crippen LogP contribution in [0, 0.1) is 12.7 Å². The first kappa shape index (κ1) is 22.2. The van der Waals surface area contributed by atoms with Crippen molar-refractivity contribution < 1.29 is 4.39 Å². The highest BCUT2D eigenvalue weighted by atomic mass is 19.1. The zero-order valence-corrected chi connectivity index (χ0v) is 19.2. The molecule has 0 radical (unpaired) electrons. The molecule has 4 rings (SSSR count). The molecule has 8 heteroatoms. The molecule has 2 N–H and O–H groups in total. The number of hydrogen-bond donors (Lipinski definition) is 2. The van der Waals surface area contributed by atoms with Crippen LogP contribution in [0.15, 0.2) is 29.1 Å². The molecule has 2 aromatic heterocycles. The quantitative estimate of drug-likeness (QED) is 0.612. The van der Waals surface area contributed by atoms with Gasteiger partial charge in [-0.05, 0) is 31.5 Å². The number of aryl methyl sites for hydroxylation is 1. The largest absolute Gasteiger partial charge is 0.373 e. The molecule has 0 spiro atoms. The molecule has 1 saturated heterocycles. The van der Waals surface area contributed by atoms with E-state index < -0.39 is 0 Å². The molecule has 3 aromatic rings. The van der Waals surface area contributed by atoms with Crippen LogP contribution in [-0.4, -0.2) is 53.1 Å². The minimum atomic E-state index is -0.382. The van der Waals surface area contributed by atoms with Gasteiger partial charge in [-0.15, -0.1) is 0 Å². The maximum Gasteiger partial charge on any atom is 0.270 e. The zero-order valence-electron chi connectivity index (χ0n) is 19.2. The van der Waals surface area contributed by atoms with E-state index in [1.165, 1.54) is 0 Å². The summed E-state index contributed by atoms with van der Waals surface area (Å²) < 4.78 is 15.2. The number of nitrogens with one attached hydrogen (secondary N) is 2. The van der Waals surface area contributed by atoms with Gasteiger partial charge in [0.1, 0.15) is 17.0 Å². The van der Waals surface area contributed by atoms with E-state index in [0.717, 1.165) is 49.8 Å². The zero-order chi connectivity index (χ0) is 22.8. The summed E-state index contributed by atoms with van der Waals surface area (Å²) in [6, 6.07) is 7.69. The minimum absolute atomic E-state index is 0.0375. The number of H-pyrrole nitrogens is 1. The molecule has 170 valence electrons. The molecule has 0 bridgehead atoms. The summed E-state index contributed by atoms with van der Waals surface area (Å²) in [5.41, 5.74) is 3.58. The average Bonchev–Trinajstić information content (AvgIpc) is 2.81. The predicted molar refractivity (Wildman–Crippen MR) is 127 cm³/mol. The van der Waals surface area contributed by atoms with E-state index in [0.29, 0.717) is 23.3 Å². The number of pyridine rings is 1. The number of piperazine rings is 1. The molecule has 0 saturated carbocycles. The Morgan fingerprint density at radius 1 is 1.16 bits per heavy atom. The maximum absolute atomic E-state index is 15.2. The Bertz CT molecular complexity index is 1170. The Morgan fingerprint density at radius 3 is 2.56 bits per heavy atom. The van der Waals surface area contributed by atoms with E-state index in [9.17, 15) is 4.79 Å². The summed E-state index contributed by atoms with van der Waals surface area (Å²) in [6.07, 6.45) is 0.809. The van der Waals surface area contributed by atoms with Crippen LogP contribution in [0.1, 0.15) is 43.1 Å². The van der Waals surface area contributed by atoms with Crippen molar-refractivity contribution in [3.8, 4) is 0 Å². The molecule has 1 unspecified atom stereocenters. The van der Waals surface area contributed by atoms with Crippen LogP contribution >= 0.6 is 0 Å². The molecular weight excluding hydrogens is 407 g/mol. The van der Waals surface area contributed by atoms with E-state index >= 15 is 4.39 Å². The average molecular weight is 439 g/mol. The number of hydrogen-bond acceptors (Lipinski definition) is 6. The van der Waals surface area contributed by atoms with Crippen molar-refractivity contribution >= 4 is 22.5 Å². The Hall–Kier alpha value is -3.00. The van der Waals surface area contributed by atoms with Gasteiger partial charge in [0.05, 0.1) is 16.9 Å². The monoisotopic (exact) mass is 438 g/mol. The molecule has 0 amide bonds. The van der Waals surface area contributed by atoms with Crippen LogP contribution in [0.3, 0.4) is 0 Å². The second-order valence-corrected chi connectivity index (χ2v) is 8.51. The number of aromatic nitrogens is 3. The second kappa shape index (κ2) is 9.24. The highest BCUT2D eigenvalue weighted by Gasteiger charge is 2.21. The number of rotatable bonds is 6. The third-order valence-electron chi connectivity index (χ3n) is 6.41. The number of halogens is 1. The van der Waals surface area contributed by atoms with Crippen molar-refractivity contribution in [1.29, 1.82) is 0 Å². The Kier molecular flexibility index (Phi) is 6.41. The van der Waals surface area contributed by atoms with E-state index in [2.05, 4.69) is 36.1 Å². The molecule has 1 aliphatic rings. The van der Waals surface area contributed by atoms with Crippen molar-refractivity contribution in [3.63, 3.8) is 0 Å². The van der Waals surface area contributed by atoms with Gasteiger partial charge in [0.2, 0.25) is 0 Å². The van der Waals surface area contributed by atoms with Crippen LogP contribution in [0.5, 0.6) is 0 Å². The first-order valence-corrected chi connectivity index (χ1v) is 11.2. The molecule has 1 aromatic carbocycles. The highest BCUT2D eigenvalue weighted by Crippen LogP contribution is 2.24. The summed E-state index contributed by atoms with van der Waals surface area (Å²) in [5.74, 6) is 0.517. The van der Waals surface area contributed by atoms with Crippen molar-refractivity contribution in [1.82, 2.24) is 19.9 Å². The third kappa shape index (κ3) is 4.32. The lowest BCUT2D eigenvalue weighted by atomic mass is 10.0. The van der Waals surface area contributed by atoms with Gasteiger partial charge in [-0.3, -0.25) is 9.69 Å². The Balaban J connectivity index is 1.47. The number of fused-ring (bicyclic) bond motifs is 1. The van der Waals surface area contributed by atoms with E-state index in [4.69, 9.17) is 0 Å². The number of aromatic amines is 1. The minimum Gasteiger partial charge on any atom is -0.373 e. The van der Waals surface area contributed by atoms with E-state index in [1.54, 1.807) is 6.07 Å². The normalized spacial score (nSPS) is 15.8. The van der Waals surface area contributed by atoms with Gasteiger partial charge in [0, 0.05) is 51.3 Å². The first-order chi connectivity index (χ1) is 15.4. The standard InChI is InChI=1S/C24H31FN6O/c1-5-15(2)22-24(32)29-23-18(28-22)7-6-17(21(23)25)14-30-10-12-31(13-11-30)19-8-9-20(26-4)27-16(19)3/h6-9,15H,5,10-14H2,1-4H3,(H,26,27)(H,29,32). The number of anilines is 2. The molecule has 7 nitrogen and oxygen atoms in total. The highest BCUT2D eigenvalue weighted by molar-refractivity contribution is 5.75. The summed E-state index contributed by atoms with van der Waals surface area (Å²) in [4.78, 5) is 28.7. The fraction of sp³-hybridized carbons (Fsp3) is 0.458. The van der Waals surface area contributed by atoms with Crippen LogP contribution < -0.4 is 15.8 Å². The van der Waals surface area contributed by atoms with Gasteiger partial charge >= 0.3 is 0 Å². The molecular formula is C24H31FN6O.